The number of hydrogen-bond acceptors (Lipinski definition) is 2. The van der Waals surface area contributed by atoms with Gasteiger partial charge in [0, 0.05) is 33.3 Å². The van der Waals surface area contributed by atoms with E-state index in [2.05, 4.69) is 15.0 Å². The molecule has 0 heterocycles. The van der Waals surface area contributed by atoms with Gasteiger partial charge in [-0.3, -0.25) is 4.99 Å². The molecule has 0 aliphatic heterocycles. The van der Waals surface area contributed by atoms with Crippen LogP contribution < -0.4 is 10.1 Å². The summed E-state index contributed by atoms with van der Waals surface area (Å²) in [7, 11) is 5.34. The van der Waals surface area contributed by atoms with Crippen LogP contribution in [0.25, 0.3) is 0 Å². The Balaban J connectivity index is 2.72. The summed E-state index contributed by atoms with van der Waals surface area (Å²) in [5.74, 6) is 0.844. The number of para-hydroxylation sites is 1. The summed E-state index contributed by atoms with van der Waals surface area (Å²) in [4.78, 5) is 5.84. The SMILES string of the molecule is CN=C(NCc1ccccc1OC(F)F)N(C)C. The van der Waals surface area contributed by atoms with Crippen molar-refractivity contribution in [3.8, 4) is 5.75 Å². The van der Waals surface area contributed by atoms with Crippen LogP contribution in [0.2, 0.25) is 0 Å². The highest BCUT2D eigenvalue weighted by atomic mass is 19.3. The van der Waals surface area contributed by atoms with Gasteiger partial charge in [-0.25, -0.2) is 0 Å². The van der Waals surface area contributed by atoms with E-state index in [4.69, 9.17) is 0 Å². The van der Waals surface area contributed by atoms with Crippen molar-refractivity contribution >= 4 is 5.96 Å². The molecule has 100 valence electrons. The van der Waals surface area contributed by atoms with E-state index in [0.717, 1.165) is 0 Å². The average molecular weight is 257 g/mol. The first-order chi connectivity index (χ1) is 8.54. The third kappa shape index (κ3) is 4.20. The first kappa shape index (κ1) is 14.2. The number of nitrogens with zero attached hydrogens (tertiary/aromatic N) is 2. The van der Waals surface area contributed by atoms with Crippen molar-refractivity contribution in [3.05, 3.63) is 29.8 Å². The predicted molar refractivity (Wildman–Crippen MR) is 67.0 cm³/mol. The molecule has 1 aromatic rings. The molecule has 0 spiro atoms. The Morgan fingerprint density at radius 1 is 1.39 bits per heavy atom. The van der Waals surface area contributed by atoms with Gasteiger partial charge in [0.1, 0.15) is 5.75 Å². The van der Waals surface area contributed by atoms with E-state index >= 15 is 0 Å². The number of nitrogens with one attached hydrogen (secondary N) is 1. The Kier molecular flexibility index (Phi) is 5.35. The van der Waals surface area contributed by atoms with Crippen LogP contribution in [0.5, 0.6) is 5.75 Å². The van der Waals surface area contributed by atoms with Crippen molar-refractivity contribution in [2.75, 3.05) is 21.1 Å². The van der Waals surface area contributed by atoms with Crippen LogP contribution in [-0.4, -0.2) is 38.6 Å². The van der Waals surface area contributed by atoms with Crippen LogP contribution in [0.15, 0.2) is 29.3 Å². The number of hydrogen-bond donors (Lipinski definition) is 1. The summed E-state index contributed by atoms with van der Waals surface area (Å²) in [6.07, 6.45) is 0. The molecule has 0 bridgehead atoms. The number of halogens is 2. The number of aliphatic imine (C=N–C) groups is 1. The standard InChI is InChI=1S/C12H17F2N3O/c1-15-12(17(2)3)16-8-9-6-4-5-7-10(9)18-11(13)14/h4-7,11H,8H2,1-3H3,(H,15,16). The maximum Gasteiger partial charge on any atom is 0.387 e. The lowest BCUT2D eigenvalue weighted by atomic mass is 10.2. The van der Waals surface area contributed by atoms with Crippen molar-refractivity contribution in [2.24, 2.45) is 4.99 Å². The van der Waals surface area contributed by atoms with Crippen molar-refractivity contribution in [2.45, 2.75) is 13.2 Å². The van der Waals surface area contributed by atoms with Gasteiger partial charge in [0.2, 0.25) is 0 Å². The number of benzene rings is 1. The minimum absolute atomic E-state index is 0.175. The molecule has 0 radical (unpaired) electrons. The smallest absolute Gasteiger partial charge is 0.387 e. The Hall–Kier alpha value is -1.85. The Labute approximate surface area is 105 Å². The van der Waals surface area contributed by atoms with Crippen LogP contribution in [0.4, 0.5) is 8.78 Å². The molecule has 0 aliphatic carbocycles. The first-order valence-corrected chi connectivity index (χ1v) is 5.45. The van der Waals surface area contributed by atoms with E-state index in [9.17, 15) is 8.78 Å². The monoisotopic (exact) mass is 257 g/mol. The molecular formula is C12H17F2N3O. The van der Waals surface area contributed by atoms with E-state index in [-0.39, 0.29) is 5.75 Å². The van der Waals surface area contributed by atoms with Crippen LogP contribution in [-0.2, 0) is 6.54 Å². The molecule has 0 fully saturated rings. The quantitative estimate of drug-likeness (QED) is 0.661. The van der Waals surface area contributed by atoms with Crippen LogP contribution in [0.1, 0.15) is 5.56 Å². The molecule has 4 nitrogen and oxygen atoms in total. The molecule has 0 aromatic heterocycles. The zero-order valence-corrected chi connectivity index (χ0v) is 10.7. The van der Waals surface area contributed by atoms with Crippen molar-refractivity contribution in [1.82, 2.24) is 10.2 Å². The fourth-order valence-electron chi connectivity index (χ4n) is 1.47. The summed E-state index contributed by atoms with van der Waals surface area (Å²) in [6, 6.07) is 6.67. The summed E-state index contributed by atoms with van der Waals surface area (Å²) < 4.78 is 28.9. The van der Waals surface area contributed by atoms with Crippen molar-refractivity contribution in [3.63, 3.8) is 0 Å². The topological polar surface area (TPSA) is 36.9 Å². The molecule has 6 heteroatoms. The van der Waals surface area contributed by atoms with E-state index in [1.54, 1.807) is 30.1 Å². The van der Waals surface area contributed by atoms with Gasteiger partial charge in [0.25, 0.3) is 0 Å². The molecular weight excluding hydrogens is 240 g/mol. The molecule has 1 rings (SSSR count). The van der Waals surface area contributed by atoms with E-state index < -0.39 is 6.61 Å². The van der Waals surface area contributed by atoms with Gasteiger partial charge in [-0.15, -0.1) is 0 Å². The lowest BCUT2D eigenvalue weighted by Crippen LogP contribution is -2.35. The molecule has 1 N–H and O–H groups in total. The number of ether oxygens (including phenoxy) is 1. The summed E-state index contributed by atoms with van der Waals surface area (Å²) >= 11 is 0. The summed E-state index contributed by atoms with van der Waals surface area (Å²) in [5.41, 5.74) is 0.654. The highest BCUT2D eigenvalue weighted by Gasteiger charge is 2.09. The Morgan fingerprint density at radius 2 is 2.06 bits per heavy atom. The number of alkyl halides is 2. The van der Waals surface area contributed by atoms with Gasteiger partial charge in [0.05, 0.1) is 0 Å². The zero-order valence-electron chi connectivity index (χ0n) is 10.7. The van der Waals surface area contributed by atoms with Gasteiger partial charge in [-0.1, -0.05) is 18.2 Å². The summed E-state index contributed by atoms with van der Waals surface area (Å²) in [5, 5.41) is 3.05. The third-order valence-corrected chi connectivity index (χ3v) is 2.26. The fourth-order valence-corrected chi connectivity index (χ4v) is 1.47. The van der Waals surface area contributed by atoms with Gasteiger partial charge >= 0.3 is 6.61 Å². The largest absolute Gasteiger partial charge is 0.434 e. The van der Waals surface area contributed by atoms with Gasteiger partial charge in [-0.2, -0.15) is 8.78 Å². The lowest BCUT2D eigenvalue weighted by molar-refractivity contribution is -0.0504. The predicted octanol–water partition coefficient (Wildman–Crippen LogP) is 1.93. The molecule has 0 atom stereocenters. The maximum absolute atomic E-state index is 12.2. The normalized spacial score (nSPS) is 11.6. The highest BCUT2D eigenvalue weighted by Crippen LogP contribution is 2.19. The molecule has 0 saturated carbocycles. The first-order valence-electron chi connectivity index (χ1n) is 5.45. The molecule has 18 heavy (non-hydrogen) atoms. The van der Waals surface area contributed by atoms with Gasteiger partial charge in [-0.05, 0) is 6.07 Å². The number of guanidine groups is 1. The zero-order chi connectivity index (χ0) is 13.5. The molecule has 0 amide bonds. The highest BCUT2D eigenvalue weighted by molar-refractivity contribution is 5.79. The second-order valence-corrected chi connectivity index (χ2v) is 3.78. The second-order valence-electron chi connectivity index (χ2n) is 3.78. The van der Waals surface area contributed by atoms with E-state index in [1.807, 2.05) is 14.1 Å². The molecule has 1 aromatic carbocycles. The molecule has 0 aliphatic rings. The van der Waals surface area contributed by atoms with Crippen LogP contribution >= 0.6 is 0 Å². The Morgan fingerprint density at radius 3 is 2.61 bits per heavy atom. The van der Waals surface area contributed by atoms with Gasteiger partial charge < -0.3 is 15.0 Å². The second kappa shape index (κ2) is 6.78. The van der Waals surface area contributed by atoms with Crippen LogP contribution in [0.3, 0.4) is 0 Å². The van der Waals surface area contributed by atoms with Crippen molar-refractivity contribution < 1.29 is 13.5 Å². The Bertz CT molecular complexity index is 408. The minimum Gasteiger partial charge on any atom is -0.434 e. The van der Waals surface area contributed by atoms with Gasteiger partial charge in [0.15, 0.2) is 5.96 Å². The van der Waals surface area contributed by atoms with Crippen LogP contribution in [0, 0.1) is 0 Å². The summed E-state index contributed by atoms with van der Waals surface area (Å²) in [6.45, 7) is -2.45. The maximum atomic E-state index is 12.2. The lowest BCUT2D eigenvalue weighted by Gasteiger charge is -2.18. The van der Waals surface area contributed by atoms with E-state index in [0.29, 0.717) is 18.1 Å². The molecule has 0 unspecified atom stereocenters. The number of rotatable bonds is 4. The average Bonchev–Trinajstić information content (AvgIpc) is 2.30. The minimum atomic E-state index is -2.82. The fraction of sp³-hybridized carbons (Fsp3) is 0.417. The third-order valence-electron chi connectivity index (χ3n) is 2.26. The molecule has 0 saturated heterocycles. The van der Waals surface area contributed by atoms with E-state index in [1.165, 1.54) is 6.07 Å². The van der Waals surface area contributed by atoms with Crippen molar-refractivity contribution in [1.29, 1.82) is 0 Å².